The zero-order valence-corrected chi connectivity index (χ0v) is 14.4. The minimum atomic E-state index is -0.489. The number of nitrogens with one attached hydrogen (secondary N) is 1. The lowest BCUT2D eigenvalue weighted by molar-refractivity contribution is -0.112. The second-order valence-electron chi connectivity index (χ2n) is 5.32. The first-order chi connectivity index (χ1) is 11.4. The van der Waals surface area contributed by atoms with E-state index in [-0.39, 0.29) is 5.57 Å². The van der Waals surface area contributed by atoms with Gasteiger partial charge < -0.3 is 10.1 Å². The monoisotopic (exact) mass is 340 g/mol. The molecule has 122 valence electrons. The number of halogens is 1. The van der Waals surface area contributed by atoms with E-state index in [0.29, 0.717) is 16.5 Å². The molecule has 2 aromatic rings. The zero-order valence-electron chi connectivity index (χ0n) is 13.7. The van der Waals surface area contributed by atoms with Gasteiger partial charge in [-0.2, -0.15) is 5.26 Å². The summed E-state index contributed by atoms with van der Waals surface area (Å²) in [4.78, 5) is 12.3. The van der Waals surface area contributed by atoms with E-state index in [4.69, 9.17) is 16.3 Å². The number of hydrogen-bond acceptors (Lipinski definition) is 3. The van der Waals surface area contributed by atoms with Crippen molar-refractivity contribution in [3.8, 4) is 11.8 Å². The lowest BCUT2D eigenvalue weighted by Crippen LogP contribution is -2.13. The van der Waals surface area contributed by atoms with Gasteiger partial charge in [0.25, 0.3) is 5.91 Å². The van der Waals surface area contributed by atoms with Crippen LogP contribution in [0.4, 0.5) is 5.69 Å². The second-order valence-corrected chi connectivity index (χ2v) is 5.72. The molecule has 5 heteroatoms. The minimum Gasteiger partial charge on any atom is -0.495 e. The molecule has 0 spiro atoms. The second kappa shape index (κ2) is 7.67. The molecule has 0 bridgehead atoms. The van der Waals surface area contributed by atoms with Crippen LogP contribution < -0.4 is 10.1 Å². The van der Waals surface area contributed by atoms with Gasteiger partial charge in [-0.1, -0.05) is 29.8 Å². The van der Waals surface area contributed by atoms with Crippen molar-refractivity contribution in [2.45, 2.75) is 13.8 Å². The molecule has 1 amide bonds. The third-order valence-electron chi connectivity index (χ3n) is 3.62. The number of nitrogens with zero attached hydrogens (tertiary/aromatic N) is 1. The van der Waals surface area contributed by atoms with Crippen LogP contribution in [0.2, 0.25) is 5.02 Å². The van der Waals surface area contributed by atoms with Crippen LogP contribution in [0.1, 0.15) is 16.7 Å². The third kappa shape index (κ3) is 4.15. The van der Waals surface area contributed by atoms with Crippen molar-refractivity contribution in [3.63, 3.8) is 0 Å². The third-order valence-corrected chi connectivity index (χ3v) is 3.91. The van der Waals surface area contributed by atoms with Crippen molar-refractivity contribution in [1.29, 1.82) is 5.26 Å². The van der Waals surface area contributed by atoms with Crippen molar-refractivity contribution < 1.29 is 9.53 Å². The van der Waals surface area contributed by atoms with E-state index in [1.807, 2.05) is 38.1 Å². The molecule has 0 heterocycles. The highest BCUT2D eigenvalue weighted by Crippen LogP contribution is 2.27. The molecule has 4 nitrogen and oxygen atoms in total. The molecule has 2 rings (SSSR count). The SMILES string of the molecule is COc1ccc(NC(=O)/C(C#N)=C/c2ccc(C)c(C)c2)cc1Cl. The summed E-state index contributed by atoms with van der Waals surface area (Å²) in [5.41, 5.74) is 3.57. The molecule has 0 unspecified atom stereocenters. The van der Waals surface area contributed by atoms with Gasteiger partial charge in [0.15, 0.2) is 0 Å². The fourth-order valence-corrected chi connectivity index (χ4v) is 2.37. The van der Waals surface area contributed by atoms with Crippen LogP contribution in [0.5, 0.6) is 5.75 Å². The quantitative estimate of drug-likeness (QED) is 0.658. The number of aryl methyl sites for hydroxylation is 2. The number of anilines is 1. The highest BCUT2D eigenvalue weighted by molar-refractivity contribution is 6.32. The Bertz CT molecular complexity index is 851. The highest BCUT2D eigenvalue weighted by atomic mass is 35.5. The highest BCUT2D eigenvalue weighted by Gasteiger charge is 2.11. The topological polar surface area (TPSA) is 62.1 Å². The van der Waals surface area contributed by atoms with E-state index in [1.165, 1.54) is 7.11 Å². The van der Waals surface area contributed by atoms with E-state index >= 15 is 0 Å². The Kier molecular flexibility index (Phi) is 5.62. The number of amides is 1. The number of ether oxygens (including phenoxy) is 1. The Morgan fingerprint density at radius 2 is 1.96 bits per heavy atom. The number of rotatable bonds is 4. The summed E-state index contributed by atoms with van der Waals surface area (Å²) in [6, 6.07) is 12.6. The van der Waals surface area contributed by atoms with Crippen LogP contribution in [-0.4, -0.2) is 13.0 Å². The van der Waals surface area contributed by atoms with Crippen molar-refractivity contribution in [1.82, 2.24) is 0 Å². The van der Waals surface area contributed by atoms with Crippen molar-refractivity contribution >= 4 is 29.3 Å². The van der Waals surface area contributed by atoms with Gasteiger partial charge in [-0.15, -0.1) is 0 Å². The summed E-state index contributed by atoms with van der Waals surface area (Å²) < 4.78 is 5.07. The number of carbonyl (C=O) groups excluding carboxylic acids is 1. The normalized spacial score (nSPS) is 10.9. The summed E-state index contributed by atoms with van der Waals surface area (Å²) in [5, 5.41) is 12.3. The average Bonchev–Trinajstić information content (AvgIpc) is 2.56. The first-order valence-corrected chi connectivity index (χ1v) is 7.66. The molecule has 0 aliphatic carbocycles. The van der Waals surface area contributed by atoms with Gasteiger partial charge in [0.1, 0.15) is 17.4 Å². The van der Waals surface area contributed by atoms with Crippen LogP contribution in [0, 0.1) is 25.2 Å². The van der Waals surface area contributed by atoms with Crippen molar-refractivity contribution in [2.75, 3.05) is 12.4 Å². The summed E-state index contributed by atoms with van der Waals surface area (Å²) >= 11 is 6.03. The molecular weight excluding hydrogens is 324 g/mol. The number of hydrogen-bond donors (Lipinski definition) is 1. The summed E-state index contributed by atoms with van der Waals surface area (Å²) in [6.07, 6.45) is 1.56. The van der Waals surface area contributed by atoms with Crippen LogP contribution in [0.25, 0.3) is 6.08 Å². The van der Waals surface area contributed by atoms with Crippen LogP contribution >= 0.6 is 11.6 Å². The first-order valence-electron chi connectivity index (χ1n) is 7.28. The van der Waals surface area contributed by atoms with Gasteiger partial charge in [-0.05, 0) is 54.8 Å². The lowest BCUT2D eigenvalue weighted by atomic mass is 10.0. The number of methoxy groups -OCH3 is 1. The largest absolute Gasteiger partial charge is 0.495 e. The molecule has 0 radical (unpaired) electrons. The minimum absolute atomic E-state index is 0.0187. The van der Waals surface area contributed by atoms with Crippen LogP contribution in [-0.2, 0) is 4.79 Å². The Hall–Kier alpha value is -2.77. The molecule has 0 aliphatic heterocycles. The van der Waals surface area contributed by atoms with Gasteiger partial charge >= 0.3 is 0 Å². The fraction of sp³-hybridized carbons (Fsp3) is 0.158. The zero-order chi connectivity index (χ0) is 17.7. The Morgan fingerprint density at radius 3 is 2.54 bits per heavy atom. The molecular formula is C19H17ClN2O2. The molecule has 0 saturated carbocycles. The Morgan fingerprint density at radius 1 is 1.21 bits per heavy atom. The smallest absolute Gasteiger partial charge is 0.266 e. The fourth-order valence-electron chi connectivity index (χ4n) is 2.11. The summed E-state index contributed by atoms with van der Waals surface area (Å²) in [5.74, 6) is 0.0257. The van der Waals surface area contributed by atoms with Gasteiger partial charge in [-0.25, -0.2) is 0 Å². The van der Waals surface area contributed by atoms with E-state index in [1.54, 1.807) is 24.3 Å². The van der Waals surface area contributed by atoms with Crippen LogP contribution in [0.15, 0.2) is 42.0 Å². The Labute approximate surface area is 146 Å². The molecule has 0 atom stereocenters. The van der Waals surface area contributed by atoms with E-state index in [2.05, 4.69) is 5.32 Å². The van der Waals surface area contributed by atoms with Gasteiger partial charge in [-0.3, -0.25) is 4.79 Å². The standard InChI is InChI=1S/C19H17ClN2O2/c1-12-4-5-14(8-13(12)2)9-15(11-21)19(23)22-16-6-7-18(24-3)17(20)10-16/h4-10H,1-3H3,(H,22,23)/b15-9+. The van der Waals surface area contributed by atoms with E-state index in [0.717, 1.165) is 16.7 Å². The maximum Gasteiger partial charge on any atom is 0.266 e. The molecule has 0 fully saturated rings. The predicted molar refractivity (Wildman–Crippen MR) is 96.1 cm³/mol. The molecule has 0 saturated heterocycles. The average molecular weight is 341 g/mol. The van der Waals surface area contributed by atoms with Gasteiger partial charge in [0.2, 0.25) is 0 Å². The molecule has 0 aromatic heterocycles. The Balaban J connectivity index is 2.22. The molecule has 1 N–H and O–H groups in total. The van der Waals surface area contributed by atoms with E-state index in [9.17, 15) is 10.1 Å². The molecule has 0 aliphatic rings. The summed E-state index contributed by atoms with van der Waals surface area (Å²) in [7, 11) is 1.51. The number of nitriles is 1. The van der Waals surface area contributed by atoms with Crippen molar-refractivity contribution in [3.05, 3.63) is 63.7 Å². The molecule has 2 aromatic carbocycles. The maximum atomic E-state index is 12.3. The first kappa shape index (κ1) is 17.6. The van der Waals surface area contributed by atoms with Gasteiger partial charge in [0, 0.05) is 5.69 Å². The number of carbonyl (C=O) groups is 1. The van der Waals surface area contributed by atoms with E-state index < -0.39 is 5.91 Å². The molecule has 24 heavy (non-hydrogen) atoms. The maximum absolute atomic E-state index is 12.3. The summed E-state index contributed by atoms with van der Waals surface area (Å²) in [6.45, 7) is 3.99. The van der Waals surface area contributed by atoms with Crippen molar-refractivity contribution in [2.24, 2.45) is 0 Å². The predicted octanol–water partition coefficient (Wildman–Crippen LogP) is 4.51. The van der Waals surface area contributed by atoms with Crippen LogP contribution in [0.3, 0.4) is 0 Å². The lowest BCUT2D eigenvalue weighted by Gasteiger charge is -2.08. The number of benzene rings is 2. The van der Waals surface area contributed by atoms with Gasteiger partial charge in [0.05, 0.1) is 12.1 Å².